The smallest absolute Gasteiger partial charge is 0.257 e. The fourth-order valence-electron chi connectivity index (χ4n) is 4.75. The van der Waals surface area contributed by atoms with Gasteiger partial charge < -0.3 is 14.5 Å². The van der Waals surface area contributed by atoms with Crippen LogP contribution in [0.4, 0.5) is 0 Å². The molecule has 5 nitrogen and oxygen atoms in total. The minimum Gasteiger partial charge on any atom is -0.491 e. The van der Waals surface area contributed by atoms with Gasteiger partial charge in [-0.25, -0.2) is 0 Å². The lowest BCUT2D eigenvalue weighted by atomic mass is 10.0. The molecular formula is C31H36N2O3. The molecule has 36 heavy (non-hydrogen) atoms. The number of aryl methyl sites for hydroxylation is 1. The highest BCUT2D eigenvalue weighted by Gasteiger charge is 2.27. The van der Waals surface area contributed by atoms with E-state index in [-0.39, 0.29) is 17.9 Å². The van der Waals surface area contributed by atoms with Crippen LogP contribution in [0.2, 0.25) is 0 Å². The molecule has 4 rings (SSSR count). The summed E-state index contributed by atoms with van der Waals surface area (Å²) in [7, 11) is 0. The quantitative estimate of drug-likeness (QED) is 0.472. The minimum atomic E-state index is -0.174. The van der Waals surface area contributed by atoms with Crippen LogP contribution in [0.15, 0.2) is 78.9 Å². The second kappa shape index (κ2) is 12.4. The summed E-state index contributed by atoms with van der Waals surface area (Å²) in [6.45, 7) is 6.35. The second-order valence-electron chi connectivity index (χ2n) is 9.46. The van der Waals surface area contributed by atoms with Crippen molar-refractivity contribution >= 4 is 11.8 Å². The third-order valence-electron chi connectivity index (χ3n) is 6.86. The van der Waals surface area contributed by atoms with E-state index in [4.69, 9.17) is 4.74 Å². The van der Waals surface area contributed by atoms with Gasteiger partial charge in [-0.1, -0.05) is 60.2 Å². The summed E-state index contributed by atoms with van der Waals surface area (Å²) >= 11 is 0. The molecule has 1 aliphatic heterocycles. The lowest BCUT2D eigenvalue weighted by Gasteiger charge is -2.32. The molecule has 0 aliphatic carbocycles. The van der Waals surface area contributed by atoms with E-state index < -0.39 is 0 Å². The highest BCUT2D eigenvalue weighted by atomic mass is 16.5. The van der Waals surface area contributed by atoms with E-state index in [0.29, 0.717) is 49.5 Å². The van der Waals surface area contributed by atoms with Crippen LogP contribution in [0.25, 0.3) is 0 Å². The summed E-state index contributed by atoms with van der Waals surface area (Å²) in [5.74, 6) is 0.592. The first-order valence-electron chi connectivity index (χ1n) is 13.0. The van der Waals surface area contributed by atoms with Gasteiger partial charge in [-0.2, -0.15) is 0 Å². The van der Waals surface area contributed by atoms with Crippen LogP contribution >= 0.6 is 0 Å². The van der Waals surface area contributed by atoms with Crippen molar-refractivity contribution in [3.63, 3.8) is 0 Å². The average molecular weight is 485 g/mol. The number of nitrogens with zero attached hydrogens (tertiary/aromatic N) is 2. The van der Waals surface area contributed by atoms with E-state index in [1.165, 1.54) is 0 Å². The zero-order valence-electron chi connectivity index (χ0n) is 21.4. The number of benzene rings is 3. The van der Waals surface area contributed by atoms with Crippen molar-refractivity contribution in [3.05, 3.63) is 101 Å². The van der Waals surface area contributed by atoms with Crippen molar-refractivity contribution in [2.24, 2.45) is 0 Å². The van der Waals surface area contributed by atoms with Gasteiger partial charge >= 0.3 is 0 Å². The Morgan fingerprint density at radius 2 is 1.58 bits per heavy atom. The summed E-state index contributed by atoms with van der Waals surface area (Å²) in [6.07, 6.45) is 3.40. The number of rotatable bonds is 4. The van der Waals surface area contributed by atoms with E-state index >= 15 is 0 Å². The van der Waals surface area contributed by atoms with Gasteiger partial charge in [-0.05, 0) is 69.4 Å². The van der Waals surface area contributed by atoms with Crippen LogP contribution in [0.1, 0.15) is 58.0 Å². The van der Waals surface area contributed by atoms with Crippen LogP contribution in [-0.4, -0.2) is 53.9 Å². The van der Waals surface area contributed by atoms with E-state index in [9.17, 15) is 9.59 Å². The molecule has 188 valence electrons. The van der Waals surface area contributed by atoms with Crippen LogP contribution in [0.5, 0.6) is 5.75 Å². The Morgan fingerprint density at radius 1 is 0.889 bits per heavy atom. The van der Waals surface area contributed by atoms with Crippen LogP contribution in [0.3, 0.4) is 0 Å². The minimum absolute atomic E-state index is 0.000422. The Hall–Kier alpha value is -3.60. The number of ether oxygens (including phenoxy) is 1. The van der Waals surface area contributed by atoms with Gasteiger partial charge in [-0.15, -0.1) is 0 Å². The monoisotopic (exact) mass is 484 g/mol. The molecule has 0 fully saturated rings. The van der Waals surface area contributed by atoms with Crippen LogP contribution in [0, 0.1) is 6.92 Å². The highest BCUT2D eigenvalue weighted by Crippen LogP contribution is 2.23. The van der Waals surface area contributed by atoms with Gasteiger partial charge in [-0.3, -0.25) is 9.59 Å². The summed E-state index contributed by atoms with van der Waals surface area (Å²) in [4.78, 5) is 31.0. The normalized spacial score (nSPS) is 17.3. The topological polar surface area (TPSA) is 49.9 Å². The maximum Gasteiger partial charge on any atom is 0.257 e. The number of carbonyl (C=O) groups excluding carboxylic acids is 2. The van der Waals surface area contributed by atoms with Crippen molar-refractivity contribution in [1.82, 2.24) is 9.80 Å². The molecule has 0 saturated carbocycles. The van der Waals surface area contributed by atoms with Gasteiger partial charge in [0.1, 0.15) is 12.4 Å². The SMILES string of the molecule is CCN1CCCCCN(C(=O)c2ccc(C)cc2)[C@H](Cc2ccccc2)COc2ccccc2C1=O. The molecule has 0 unspecified atom stereocenters. The van der Waals surface area contributed by atoms with Gasteiger partial charge in [0.15, 0.2) is 0 Å². The fourth-order valence-corrected chi connectivity index (χ4v) is 4.75. The van der Waals surface area contributed by atoms with Gasteiger partial charge in [0.25, 0.3) is 11.8 Å². The molecule has 2 amide bonds. The Labute approximate surface area is 214 Å². The molecule has 0 radical (unpaired) electrons. The van der Waals surface area contributed by atoms with E-state index in [0.717, 1.165) is 30.4 Å². The second-order valence-corrected chi connectivity index (χ2v) is 9.46. The van der Waals surface area contributed by atoms with Crippen molar-refractivity contribution in [2.75, 3.05) is 26.2 Å². The summed E-state index contributed by atoms with van der Waals surface area (Å²) in [5.41, 5.74) is 3.55. The van der Waals surface area contributed by atoms with Crippen molar-refractivity contribution in [3.8, 4) is 5.75 Å². The first kappa shape index (κ1) is 25.5. The third kappa shape index (κ3) is 6.34. The first-order chi connectivity index (χ1) is 17.6. The molecule has 1 aliphatic rings. The van der Waals surface area contributed by atoms with Gasteiger partial charge in [0, 0.05) is 25.2 Å². The maximum atomic E-state index is 13.8. The largest absolute Gasteiger partial charge is 0.491 e. The molecule has 3 aromatic rings. The molecule has 5 heteroatoms. The van der Waals surface area contributed by atoms with Crippen molar-refractivity contribution in [1.29, 1.82) is 0 Å². The molecular weight excluding hydrogens is 448 g/mol. The highest BCUT2D eigenvalue weighted by molar-refractivity contribution is 5.97. The molecule has 0 spiro atoms. The van der Waals surface area contributed by atoms with Crippen molar-refractivity contribution in [2.45, 2.75) is 45.6 Å². The van der Waals surface area contributed by atoms with E-state index in [1.807, 2.05) is 90.4 Å². The summed E-state index contributed by atoms with van der Waals surface area (Å²) in [6, 6.07) is 25.3. The Kier molecular flexibility index (Phi) is 8.77. The Morgan fingerprint density at radius 3 is 2.33 bits per heavy atom. The zero-order chi connectivity index (χ0) is 25.3. The Balaban J connectivity index is 1.69. The maximum absolute atomic E-state index is 13.8. The van der Waals surface area contributed by atoms with Gasteiger partial charge in [0.2, 0.25) is 0 Å². The Bertz CT molecular complexity index is 1140. The van der Waals surface area contributed by atoms with E-state index in [2.05, 4.69) is 12.1 Å². The molecule has 0 bridgehead atoms. The number of amides is 2. The van der Waals surface area contributed by atoms with Crippen LogP contribution < -0.4 is 4.74 Å². The lowest BCUT2D eigenvalue weighted by molar-refractivity contribution is 0.0605. The average Bonchev–Trinajstić information content (AvgIpc) is 2.92. The molecule has 0 saturated heterocycles. The molecule has 1 atom stereocenters. The van der Waals surface area contributed by atoms with Crippen LogP contribution in [-0.2, 0) is 6.42 Å². The number of hydrogen-bond donors (Lipinski definition) is 0. The first-order valence-corrected chi connectivity index (χ1v) is 13.0. The molecule has 0 aromatic heterocycles. The summed E-state index contributed by atoms with van der Waals surface area (Å²) < 4.78 is 6.34. The number of fused-ring (bicyclic) bond motifs is 1. The fraction of sp³-hybridized carbons (Fsp3) is 0.355. The molecule has 3 aromatic carbocycles. The molecule has 0 N–H and O–H groups in total. The summed E-state index contributed by atoms with van der Waals surface area (Å²) in [5, 5.41) is 0. The number of carbonyl (C=O) groups is 2. The van der Waals surface area contributed by atoms with E-state index in [1.54, 1.807) is 0 Å². The van der Waals surface area contributed by atoms with Gasteiger partial charge in [0.05, 0.1) is 11.6 Å². The third-order valence-corrected chi connectivity index (χ3v) is 6.86. The zero-order valence-corrected chi connectivity index (χ0v) is 21.4. The number of hydrogen-bond acceptors (Lipinski definition) is 3. The van der Waals surface area contributed by atoms with Crippen molar-refractivity contribution < 1.29 is 14.3 Å². The standard InChI is InChI=1S/C31H36N2O3/c1-3-32-20-10-5-11-21-33(30(34)26-18-16-24(2)17-19-26)27(22-25-12-6-4-7-13-25)23-36-29-15-9-8-14-28(29)31(32)35/h4,6-9,12-19,27H,3,5,10-11,20-23H2,1-2H3/t27-/m1/s1. The lowest BCUT2D eigenvalue weighted by Crippen LogP contribution is -2.45. The predicted octanol–water partition coefficient (Wildman–Crippen LogP) is 5.77. The predicted molar refractivity (Wildman–Crippen MR) is 144 cm³/mol. The number of para-hydroxylation sites is 1. The molecule has 1 heterocycles.